The van der Waals surface area contributed by atoms with Gasteiger partial charge < -0.3 is 14.6 Å². The highest BCUT2D eigenvalue weighted by Crippen LogP contribution is 2.27. The van der Waals surface area contributed by atoms with Gasteiger partial charge in [-0.1, -0.05) is 13.8 Å². The van der Waals surface area contributed by atoms with Crippen LogP contribution in [0.4, 0.5) is 0 Å². The Balaban J connectivity index is 2.55. The molecule has 1 saturated heterocycles. The molecule has 0 radical (unpaired) electrons. The predicted molar refractivity (Wildman–Crippen MR) is 55.4 cm³/mol. The lowest BCUT2D eigenvalue weighted by Crippen LogP contribution is -2.38. The standard InChI is InChI=1S/C11H20O4/c1-5-8(12)7(2)10(13)9-6-14-11(3,4)15-9/h7,9-10,13H,5-6H2,1-4H3/t7-,9+,10-/m0/s1. The number of hydrogen-bond acceptors (Lipinski definition) is 4. The molecule has 4 nitrogen and oxygen atoms in total. The van der Waals surface area contributed by atoms with Crippen molar-refractivity contribution in [2.45, 2.75) is 52.1 Å². The summed E-state index contributed by atoms with van der Waals surface area (Å²) in [5.74, 6) is -0.992. The van der Waals surface area contributed by atoms with Crippen LogP contribution in [-0.4, -0.2) is 35.5 Å². The number of rotatable bonds is 4. The maximum atomic E-state index is 11.4. The van der Waals surface area contributed by atoms with Crippen molar-refractivity contribution >= 4 is 5.78 Å². The van der Waals surface area contributed by atoms with E-state index in [1.807, 2.05) is 0 Å². The molecule has 0 amide bonds. The van der Waals surface area contributed by atoms with Crippen molar-refractivity contribution in [1.29, 1.82) is 0 Å². The molecule has 0 saturated carbocycles. The first-order valence-electron chi connectivity index (χ1n) is 5.40. The number of carbonyl (C=O) groups is 1. The molecule has 1 rings (SSSR count). The van der Waals surface area contributed by atoms with Crippen LogP contribution in [0.2, 0.25) is 0 Å². The van der Waals surface area contributed by atoms with Crippen LogP contribution in [0.1, 0.15) is 34.1 Å². The van der Waals surface area contributed by atoms with Gasteiger partial charge >= 0.3 is 0 Å². The highest BCUT2D eigenvalue weighted by Gasteiger charge is 2.39. The first-order valence-corrected chi connectivity index (χ1v) is 5.40. The van der Waals surface area contributed by atoms with Crippen molar-refractivity contribution in [3.63, 3.8) is 0 Å². The maximum absolute atomic E-state index is 11.4. The first kappa shape index (κ1) is 12.6. The summed E-state index contributed by atoms with van der Waals surface area (Å²) in [6.45, 7) is 7.46. The van der Waals surface area contributed by atoms with Crippen LogP contribution < -0.4 is 0 Å². The lowest BCUT2D eigenvalue weighted by Gasteiger charge is -2.23. The predicted octanol–water partition coefficient (Wildman–Crippen LogP) is 1.11. The van der Waals surface area contributed by atoms with E-state index in [9.17, 15) is 9.90 Å². The van der Waals surface area contributed by atoms with Gasteiger partial charge in [0.1, 0.15) is 11.9 Å². The molecule has 0 aromatic carbocycles. The van der Waals surface area contributed by atoms with Gasteiger partial charge in [0, 0.05) is 12.3 Å². The van der Waals surface area contributed by atoms with Crippen molar-refractivity contribution in [1.82, 2.24) is 0 Å². The summed E-state index contributed by atoms with van der Waals surface area (Å²) in [5, 5.41) is 9.93. The van der Waals surface area contributed by atoms with Gasteiger partial charge in [-0.05, 0) is 13.8 Å². The minimum atomic E-state index is -0.778. The van der Waals surface area contributed by atoms with Gasteiger partial charge in [0.2, 0.25) is 0 Å². The van der Waals surface area contributed by atoms with Crippen LogP contribution in [0.3, 0.4) is 0 Å². The number of aliphatic hydroxyl groups is 1. The van der Waals surface area contributed by atoms with E-state index >= 15 is 0 Å². The molecule has 1 fully saturated rings. The third-order valence-electron chi connectivity index (χ3n) is 2.78. The molecule has 0 spiro atoms. The number of Topliss-reactive ketones (excluding diaryl/α,β-unsaturated/α-hetero) is 1. The van der Waals surface area contributed by atoms with E-state index in [1.54, 1.807) is 27.7 Å². The zero-order valence-corrected chi connectivity index (χ0v) is 9.82. The summed E-state index contributed by atoms with van der Waals surface area (Å²) in [7, 11) is 0. The second kappa shape index (κ2) is 4.60. The van der Waals surface area contributed by atoms with E-state index in [4.69, 9.17) is 9.47 Å². The molecule has 0 bridgehead atoms. The van der Waals surface area contributed by atoms with E-state index < -0.39 is 23.9 Å². The Morgan fingerprint density at radius 2 is 2.20 bits per heavy atom. The Morgan fingerprint density at radius 3 is 2.60 bits per heavy atom. The van der Waals surface area contributed by atoms with Crippen molar-refractivity contribution < 1.29 is 19.4 Å². The average Bonchev–Trinajstić information content (AvgIpc) is 2.55. The molecule has 1 N–H and O–H groups in total. The summed E-state index contributed by atoms with van der Waals surface area (Å²) < 4.78 is 10.8. The van der Waals surface area contributed by atoms with E-state index in [1.165, 1.54) is 0 Å². The lowest BCUT2D eigenvalue weighted by atomic mass is 9.94. The fourth-order valence-corrected chi connectivity index (χ4v) is 1.72. The monoisotopic (exact) mass is 216 g/mol. The third kappa shape index (κ3) is 3.00. The largest absolute Gasteiger partial charge is 0.390 e. The molecule has 15 heavy (non-hydrogen) atoms. The second-order valence-corrected chi connectivity index (χ2v) is 4.47. The molecule has 4 heteroatoms. The van der Waals surface area contributed by atoms with Crippen molar-refractivity contribution in [2.75, 3.05) is 6.61 Å². The number of carbonyl (C=O) groups excluding carboxylic acids is 1. The fourth-order valence-electron chi connectivity index (χ4n) is 1.72. The zero-order chi connectivity index (χ0) is 11.6. The molecular formula is C11H20O4. The highest BCUT2D eigenvalue weighted by molar-refractivity contribution is 5.80. The van der Waals surface area contributed by atoms with E-state index in [0.29, 0.717) is 13.0 Å². The van der Waals surface area contributed by atoms with Gasteiger partial charge in [-0.2, -0.15) is 0 Å². The molecule has 0 aromatic rings. The molecule has 88 valence electrons. The summed E-state index contributed by atoms with van der Waals surface area (Å²) >= 11 is 0. The van der Waals surface area contributed by atoms with Crippen LogP contribution in [-0.2, 0) is 14.3 Å². The molecule has 0 aromatic heterocycles. The topological polar surface area (TPSA) is 55.8 Å². The Hall–Kier alpha value is -0.450. The first-order chi connectivity index (χ1) is 6.87. The van der Waals surface area contributed by atoms with Crippen LogP contribution >= 0.6 is 0 Å². The summed E-state index contributed by atoms with van der Waals surface area (Å²) in [6, 6.07) is 0. The van der Waals surface area contributed by atoms with Gasteiger partial charge in [0.15, 0.2) is 5.79 Å². The quantitative estimate of drug-likeness (QED) is 0.765. The minimum absolute atomic E-state index is 0.0517. The molecule has 1 aliphatic heterocycles. The lowest BCUT2D eigenvalue weighted by molar-refractivity contribution is -0.158. The molecule has 0 aliphatic carbocycles. The second-order valence-electron chi connectivity index (χ2n) is 4.47. The Labute approximate surface area is 90.6 Å². The van der Waals surface area contributed by atoms with Gasteiger partial charge in [-0.25, -0.2) is 0 Å². The van der Waals surface area contributed by atoms with Gasteiger partial charge in [-0.3, -0.25) is 4.79 Å². The highest BCUT2D eigenvalue weighted by atomic mass is 16.7. The van der Waals surface area contributed by atoms with Crippen LogP contribution in [0.15, 0.2) is 0 Å². The third-order valence-corrected chi connectivity index (χ3v) is 2.78. The van der Waals surface area contributed by atoms with E-state index in [0.717, 1.165) is 0 Å². The number of aliphatic hydroxyl groups excluding tert-OH is 1. The molecular weight excluding hydrogens is 196 g/mol. The van der Waals surface area contributed by atoms with Crippen molar-refractivity contribution in [3.8, 4) is 0 Å². The molecule has 0 unspecified atom stereocenters. The molecule has 1 aliphatic rings. The minimum Gasteiger partial charge on any atom is -0.390 e. The maximum Gasteiger partial charge on any atom is 0.163 e. The number of ether oxygens (including phenoxy) is 2. The van der Waals surface area contributed by atoms with Crippen LogP contribution in [0, 0.1) is 5.92 Å². The van der Waals surface area contributed by atoms with E-state index in [-0.39, 0.29) is 5.78 Å². The summed E-state index contributed by atoms with van der Waals surface area (Å²) in [5.41, 5.74) is 0. The van der Waals surface area contributed by atoms with Gasteiger partial charge in [-0.15, -0.1) is 0 Å². The van der Waals surface area contributed by atoms with Gasteiger partial charge in [0.25, 0.3) is 0 Å². The summed E-state index contributed by atoms with van der Waals surface area (Å²) in [6.07, 6.45) is -0.737. The van der Waals surface area contributed by atoms with Crippen molar-refractivity contribution in [3.05, 3.63) is 0 Å². The normalized spacial score (nSPS) is 28.7. The Bertz CT molecular complexity index is 237. The van der Waals surface area contributed by atoms with E-state index in [2.05, 4.69) is 0 Å². The SMILES string of the molecule is CCC(=O)[C@H](C)[C@H](O)[C@H]1COC(C)(C)O1. The van der Waals surface area contributed by atoms with Crippen LogP contribution in [0.25, 0.3) is 0 Å². The smallest absolute Gasteiger partial charge is 0.163 e. The Kier molecular flexibility index (Phi) is 3.87. The van der Waals surface area contributed by atoms with Gasteiger partial charge in [0.05, 0.1) is 12.7 Å². The zero-order valence-electron chi connectivity index (χ0n) is 9.82. The Morgan fingerprint density at radius 1 is 1.60 bits per heavy atom. The van der Waals surface area contributed by atoms with Crippen molar-refractivity contribution in [2.24, 2.45) is 5.92 Å². The molecule has 1 heterocycles. The number of hydrogen-bond donors (Lipinski definition) is 1. The summed E-state index contributed by atoms with van der Waals surface area (Å²) in [4.78, 5) is 11.4. The molecule has 3 atom stereocenters. The van der Waals surface area contributed by atoms with Crippen LogP contribution in [0.5, 0.6) is 0 Å². The average molecular weight is 216 g/mol. The fraction of sp³-hybridized carbons (Fsp3) is 0.909. The number of ketones is 1.